The summed E-state index contributed by atoms with van der Waals surface area (Å²) in [7, 11) is -3.38. The number of sulfonamides is 1. The third kappa shape index (κ3) is 5.54. The van der Waals surface area contributed by atoms with Gasteiger partial charge in [0.25, 0.3) is 10.0 Å². The van der Waals surface area contributed by atoms with Crippen molar-refractivity contribution in [3.05, 3.63) is 17.5 Å². The van der Waals surface area contributed by atoms with Gasteiger partial charge in [-0.05, 0) is 43.2 Å². The minimum Gasteiger partial charge on any atom is -0.379 e. The average molecular weight is 430 g/mol. The van der Waals surface area contributed by atoms with Gasteiger partial charge in [-0.3, -0.25) is 9.69 Å². The molecule has 3 rings (SSSR count). The fourth-order valence-electron chi connectivity index (χ4n) is 3.87. The van der Waals surface area contributed by atoms with Gasteiger partial charge in [-0.1, -0.05) is 13.0 Å². The van der Waals surface area contributed by atoms with Crippen LogP contribution in [-0.2, 0) is 19.6 Å². The summed E-state index contributed by atoms with van der Waals surface area (Å²) < 4.78 is 32.5. The van der Waals surface area contributed by atoms with Gasteiger partial charge >= 0.3 is 0 Å². The first kappa shape index (κ1) is 21.7. The summed E-state index contributed by atoms with van der Waals surface area (Å²) >= 11 is 1.25. The van der Waals surface area contributed by atoms with Crippen LogP contribution in [0.15, 0.2) is 21.7 Å². The van der Waals surface area contributed by atoms with Crippen LogP contribution in [-0.4, -0.2) is 76.0 Å². The van der Waals surface area contributed by atoms with Crippen LogP contribution in [0, 0.1) is 11.8 Å². The minimum absolute atomic E-state index is 0.0848. The first-order chi connectivity index (χ1) is 13.5. The van der Waals surface area contributed by atoms with E-state index in [1.807, 2.05) is 6.92 Å². The number of ether oxygens (including phenoxy) is 1. The van der Waals surface area contributed by atoms with Gasteiger partial charge in [-0.15, -0.1) is 11.3 Å². The normalized spacial score (nSPS) is 21.5. The van der Waals surface area contributed by atoms with E-state index in [9.17, 15) is 13.2 Å². The van der Waals surface area contributed by atoms with E-state index in [1.165, 1.54) is 11.3 Å². The summed E-state index contributed by atoms with van der Waals surface area (Å²) in [6.45, 7) is 8.14. The second-order valence-corrected chi connectivity index (χ2v) is 10.7. The Morgan fingerprint density at radius 2 is 2.00 bits per heavy atom. The van der Waals surface area contributed by atoms with Crippen molar-refractivity contribution in [2.45, 2.75) is 30.4 Å². The lowest BCUT2D eigenvalue weighted by atomic mass is 9.85. The van der Waals surface area contributed by atoms with Gasteiger partial charge < -0.3 is 10.1 Å². The van der Waals surface area contributed by atoms with Crippen molar-refractivity contribution in [1.82, 2.24) is 14.5 Å². The van der Waals surface area contributed by atoms with Gasteiger partial charge in [-0.25, -0.2) is 8.42 Å². The Kier molecular flexibility index (Phi) is 7.87. The van der Waals surface area contributed by atoms with Crippen molar-refractivity contribution in [2.24, 2.45) is 11.8 Å². The molecule has 2 fully saturated rings. The summed E-state index contributed by atoms with van der Waals surface area (Å²) in [5, 5.41) is 4.84. The molecule has 2 saturated heterocycles. The molecule has 2 aliphatic heterocycles. The monoisotopic (exact) mass is 429 g/mol. The predicted molar refractivity (Wildman–Crippen MR) is 110 cm³/mol. The molecular formula is C19H31N3O4S2. The number of hydrogen-bond donors (Lipinski definition) is 1. The Hall–Kier alpha value is -1.00. The molecule has 0 saturated carbocycles. The highest BCUT2D eigenvalue weighted by atomic mass is 32.2. The zero-order valence-corrected chi connectivity index (χ0v) is 18.1. The Labute approximate surface area is 172 Å². The van der Waals surface area contributed by atoms with Crippen LogP contribution in [0.1, 0.15) is 26.2 Å². The number of piperidine rings is 1. The topological polar surface area (TPSA) is 79.0 Å². The van der Waals surface area contributed by atoms with Crippen molar-refractivity contribution in [3.63, 3.8) is 0 Å². The van der Waals surface area contributed by atoms with Gasteiger partial charge in [0, 0.05) is 38.6 Å². The zero-order chi connectivity index (χ0) is 20.0. The Morgan fingerprint density at radius 1 is 1.29 bits per heavy atom. The minimum atomic E-state index is -3.38. The van der Waals surface area contributed by atoms with Crippen molar-refractivity contribution < 1.29 is 17.9 Å². The summed E-state index contributed by atoms with van der Waals surface area (Å²) in [6, 6.07) is 3.41. The first-order valence-electron chi connectivity index (χ1n) is 10.1. The standard InChI is InChI=1S/C19H31N3O4S2/c1-16(19(23)20-7-3-8-21-11-13-26-14-12-21)17-5-9-22(10-6-17)28(24,25)18-4-2-15-27-18/h2,4,15-17H,3,5-14H2,1H3,(H,20,23). The van der Waals surface area contributed by atoms with Crippen LogP contribution in [0.5, 0.6) is 0 Å². The number of amides is 1. The molecule has 28 heavy (non-hydrogen) atoms. The maximum absolute atomic E-state index is 12.6. The lowest BCUT2D eigenvalue weighted by molar-refractivity contribution is -0.126. The van der Waals surface area contributed by atoms with Crippen LogP contribution in [0.2, 0.25) is 0 Å². The number of morpholine rings is 1. The molecule has 3 heterocycles. The molecule has 0 radical (unpaired) electrons. The van der Waals surface area contributed by atoms with Crippen LogP contribution < -0.4 is 5.32 Å². The van der Waals surface area contributed by atoms with Crippen LogP contribution in [0.25, 0.3) is 0 Å². The number of hydrogen-bond acceptors (Lipinski definition) is 6. The molecule has 158 valence electrons. The first-order valence-corrected chi connectivity index (χ1v) is 12.4. The number of thiophene rings is 1. The Balaban J connectivity index is 1.38. The van der Waals surface area contributed by atoms with Gasteiger partial charge in [0.1, 0.15) is 4.21 Å². The summed E-state index contributed by atoms with van der Waals surface area (Å²) in [5.41, 5.74) is 0. The van der Waals surface area contributed by atoms with E-state index in [-0.39, 0.29) is 17.7 Å². The molecule has 7 nitrogen and oxygen atoms in total. The van der Waals surface area contributed by atoms with Crippen LogP contribution >= 0.6 is 11.3 Å². The summed E-state index contributed by atoms with van der Waals surface area (Å²) in [5.74, 6) is 0.227. The number of nitrogens with one attached hydrogen (secondary N) is 1. The van der Waals surface area contributed by atoms with E-state index in [1.54, 1.807) is 21.8 Å². The second kappa shape index (κ2) is 10.2. The van der Waals surface area contributed by atoms with Gasteiger partial charge in [-0.2, -0.15) is 4.31 Å². The molecule has 1 N–H and O–H groups in total. The highest BCUT2D eigenvalue weighted by Crippen LogP contribution is 2.29. The Morgan fingerprint density at radius 3 is 2.64 bits per heavy atom. The van der Waals surface area contributed by atoms with Crippen molar-refractivity contribution in [2.75, 3.05) is 52.5 Å². The van der Waals surface area contributed by atoms with Gasteiger partial charge in [0.05, 0.1) is 13.2 Å². The number of carbonyl (C=O) groups is 1. The lowest BCUT2D eigenvalue weighted by Crippen LogP contribution is -2.43. The number of rotatable bonds is 8. The highest BCUT2D eigenvalue weighted by Gasteiger charge is 2.33. The third-order valence-corrected chi connectivity index (χ3v) is 9.03. The maximum Gasteiger partial charge on any atom is 0.252 e. The SMILES string of the molecule is CC(C(=O)NCCCN1CCOCC1)C1CCN(S(=O)(=O)c2cccs2)CC1. The molecule has 2 aliphatic rings. The molecular weight excluding hydrogens is 398 g/mol. The predicted octanol–water partition coefficient (Wildman–Crippen LogP) is 1.62. The molecule has 1 aromatic heterocycles. The Bertz CT molecular complexity index is 710. The molecule has 1 unspecified atom stereocenters. The maximum atomic E-state index is 12.6. The number of carbonyl (C=O) groups excluding carboxylic acids is 1. The quantitative estimate of drug-likeness (QED) is 0.636. The van der Waals surface area contributed by atoms with Crippen molar-refractivity contribution in [1.29, 1.82) is 0 Å². The second-order valence-electron chi connectivity index (χ2n) is 7.56. The summed E-state index contributed by atoms with van der Waals surface area (Å²) in [6.07, 6.45) is 2.40. The van der Waals surface area contributed by atoms with Gasteiger partial charge in [0.2, 0.25) is 5.91 Å². The zero-order valence-electron chi connectivity index (χ0n) is 16.5. The van der Waals surface area contributed by atoms with E-state index in [4.69, 9.17) is 4.74 Å². The molecule has 0 bridgehead atoms. The van der Waals surface area contributed by atoms with E-state index in [0.717, 1.165) is 52.1 Å². The van der Waals surface area contributed by atoms with E-state index in [2.05, 4.69) is 10.2 Å². The molecule has 0 spiro atoms. The fourth-order valence-corrected chi connectivity index (χ4v) is 6.48. The third-order valence-electron chi connectivity index (χ3n) is 5.76. The molecule has 1 aromatic rings. The van der Waals surface area contributed by atoms with Crippen molar-refractivity contribution >= 4 is 27.3 Å². The molecule has 9 heteroatoms. The highest BCUT2D eigenvalue weighted by molar-refractivity contribution is 7.91. The lowest BCUT2D eigenvalue weighted by Gasteiger charge is -2.33. The van der Waals surface area contributed by atoms with Crippen molar-refractivity contribution in [3.8, 4) is 0 Å². The van der Waals surface area contributed by atoms with E-state index in [0.29, 0.717) is 23.8 Å². The molecule has 0 aromatic carbocycles. The molecule has 1 atom stereocenters. The smallest absolute Gasteiger partial charge is 0.252 e. The van der Waals surface area contributed by atoms with Crippen LogP contribution in [0.4, 0.5) is 0 Å². The number of nitrogens with zero attached hydrogens (tertiary/aromatic N) is 2. The molecule has 0 aliphatic carbocycles. The van der Waals surface area contributed by atoms with E-state index >= 15 is 0 Å². The van der Waals surface area contributed by atoms with Gasteiger partial charge in [0.15, 0.2) is 0 Å². The van der Waals surface area contributed by atoms with E-state index < -0.39 is 10.0 Å². The largest absolute Gasteiger partial charge is 0.379 e. The summed E-state index contributed by atoms with van der Waals surface area (Å²) in [4.78, 5) is 14.8. The average Bonchev–Trinajstić information content (AvgIpc) is 3.27. The van der Waals surface area contributed by atoms with Crippen LogP contribution in [0.3, 0.4) is 0 Å². The molecule has 1 amide bonds. The fraction of sp³-hybridized carbons (Fsp3) is 0.737.